The first kappa shape index (κ1) is 16.8. The Kier molecular flexibility index (Phi) is 6.48. The van der Waals surface area contributed by atoms with Crippen LogP contribution in [0.4, 0.5) is 0 Å². The lowest BCUT2D eigenvalue weighted by Gasteiger charge is -2.13. The third-order valence-corrected chi connectivity index (χ3v) is 2.80. The molecule has 1 atom stereocenters. The van der Waals surface area contributed by atoms with Gasteiger partial charge in [-0.15, -0.1) is 0 Å². The minimum absolute atomic E-state index is 0.118. The third kappa shape index (κ3) is 4.96. The predicted molar refractivity (Wildman–Crippen MR) is 78.1 cm³/mol. The van der Waals surface area contributed by atoms with E-state index in [2.05, 4.69) is 10.6 Å². The maximum Gasteiger partial charge on any atom is 0.239 e. The quantitative estimate of drug-likeness (QED) is 0.645. The summed E-state index contributed by atoms with van der Waals surface area (Å²) in [5.74, 6) is 0.479. The van der Waals surface area contributed by atoms with Gasteiger partial charge in [0, 0.05) is 12.1 Å². The van der Waals surface area contributed by atoms with E-state index in [4.69, 9.17) is 15.2 Å². The van der Waals surface area contributed by atoms with E-state index in [0.717, 1.165) is 5.56 Å². The van der Waals surface area contributed by atoms with Crippen molar-refractivity contribution in [1.29, 1.82) is 0 Å². The number of carbonyl (C=O) groups excluding carboxylic acids is 2. The van der Waals surface area contributed by atoms with Gasteiger partial charge < -0.3 is 25.8 Å². The summed E-state index contributed by atoms with van der Waals surface area (Å²) >= 11 is 0. The zero-order valence-corrected chi connectivity index (χ0v) is 12.4. The Morgan fingerprint density at radius 2 is 1.95 bits per heavy atom. The van der Waals surface area contributed by atoms with E-state index in [1.165, 1.54) is 7.11 Å². The van der Waals surface area contributed by atoms with Gasteiger partial charge in [-0.05, 0) is 13.0 Å². The maximum absolute atomic E-state index is 11.7. The van der Waals surface area contributed by atoms with Crippen LogP contribution < -0.4 is 25.8 Å². The smallest absolute Gasteiger partial charge is 0.239 e. The first-order chi connectivity index (χ1) is 9.99. The molecule has 2 amide bonds. The second kappa shape index (κ2) is 8.11. The van der Waals surface area contributed by atoms with Crippen LogP contribution in [0.2, 0.25) is 0 Å². The first-order valence-corrected chi connectivity index (χ1v) is 6.49. The summed E-state index contributed by atoms with van der Waals surface area (Å²) in [6.45, 7) is 1.70. The Labute approximate surface area is 123 Å². The molecule has 0 saturated carbocycles. The molecule has 0 saturated heterocycles. The summed E-state index contributed by atoms with van der Waals surface area (Å²) in [4.78, 5) is 22.9. The number of nitrogens with two attached hydrogens (primary N) is 1. The number of amides is 2. The van der Waals surface area contributed by atoms with Gasteiger partial charge in [-0.3, -0.25) is 9.59 Å². The van der Waals surface area contributed by atoms with Crippen molar-refractivity contribution in [1.82, 2.24) is 10.6 Å². The van der Waals surface area contributed by atoms with E-state index in [1.807, 2.05) is 6.07 Å². The highest BCUT2D eigenvalue weighted by atomic mass is 16.5. The molecule has 7 nitrogen and oxygen atoms in total. The molecule has 0 bridgehead atoms. The van der Waals surface area contributed by atoms with E-state index < -0.39 is 6.04 Å². The summed E-state index contributed by atoms with van der Waals surface area (Å²) in [6, 6.07) is 4.76. The fourth-order valence-electron chi connectivity index (χ4n) is 1.68. The molecule has 0 fully saturated rings. The average molecular weight is 295 g/mol. The molecule has 0 unspecified atom stereocenters. The number of para-hydroxylation sites is 1. The van der Waals surface area contributed by atoms with Gasteiger partial charge in [0.05, 0.1) is 26.8 Å². The van der Waals surface area contributed by atoms with Crippen LogP contribution >= 0.6 is 0 Å². The van der Waals surface area contributed by atoms with Crippen molar-refractivity contribution in [3.63, 3.8) is 0 Å². The lowest BCUT2D eigenvalue weighted by molar-refractivity contribution is -0.126. The first-order valence-electron chi connectivity index (χ1n) is 6.49. The fourth-order valence-corrected chi connectivity index (χ4v) is 1.68. The number of methoxy groups -OCH3 is 2. The molecule has 0 aliphatic heterocycles. The number of benzene rings is 1. The molecule has 4 N–H and O–H groups in total. The van der Waals surface area contributed by atoms with Crippen molar-refractivity contribution in [3.8, 4) is 11.5 Å². The van der Waals surface area contributed by atoms with Crippen LogP contribution in [-0.2, 0) is 16.1 Å². The molecular formula is C14H21N3O4. The summed E-state index contributed by atoms with van der Waals surface area (Å²) in [7, 11) is 3.08. The highest BCUT2D eigenvalue weighted by Crippen LogP contribution is 2.30. The Morgan fingerprint density at radius 1 is 1.24 bits per heavy atom. The number of rotatable bonds is 7. The van der Waals surface area contributed by atoms with Gasteiger partial charge >= 0.3 is 0 Å². The van der Waals surface area contributed by atoms with Crippen LogP contribution in [0.3, 0.4) is 0 Å². The number of carbonyl (C=O) groups is 2. The molecule has 0 radical (unpaired) electrons. The molecular weight excluding hydrogens is 274 g/mol. The Morgan fingerprint density at radius 3 is 2.52 bits per heavy atom. The van der Waals surface area contributed by atoms with Gasteiger partial charge in [0.2, 0.25) is 11.8 Å². The van der Waals surface area contributed by atoms with Crippen LogP contribution in [0.1, 0.15) is 12.5 Å². The van der Waals surface area contributed by atoms with Crippen LogP contribution in [0.5, 0.6) is 11.5 Å². The Bertz CT molecular complexity index is 503. The number of ether oxygens (including phenoxy) is 2. The molecule has 116 valence electrons. The molecule has 0 aromatic heterocycles. The number of hydrogen-bond acceptors (Lipinski definition) is 5. The molecule has 1 aromatic carbocycles. The summed E-state index contributed by atoms with van der Waals surface area (Å²) in [5.41, 5.74) is 6.16. The van der Waals surface area contributed by atoms with E-state index in [-0.39, 0.29) is 24.9 Å². The molecule has 21 heavy (non-hydrogen) atoms. The minimum atomic E-state index is -0.642. The van der Waals surface area contributed by atoms with Crippen LogP contribution in [0.15, 0.2) is 18.2 Å². The van der Waals surface area contributed by atoms with E-state index >= 15 is 0 Å². The summed E-state index contributed by atoms with van der Waals surface area (Å²) in [6.07, 6.45) is 0. The summed E-state index contributed by atoms with van der Waals surface area (Å²) < 4.78 is 10.4. The molecule has 1 rings (SSSR count). The normalized spacial score (nSPS) is 11.4. The standard InChI is InChI=1S/C14H21N3O4/c1-9(15)14(19)17-8-12(18)16-7-10-5-4-6-11(20-2)13(10)21-3/h4-6,9H,7-8,15H2,1-3H3,(H,16,18)(H,17,19)/t9-/m0/s1. The Balaban J connectivity index is 2.55. The van der Waals surface area contributed by atoms with Gasteiger partial charge in [-0.1, -0.05) is 12.1 Å². The van der Waals surface area contributed by atoms with Crippen LogP contribution in [0.25, 0.3) is 0 Å². The molecule has 0 spiro atoms. The van der Waals surface area contributed by atoms with Crippen LogP contribution in [0, 0.1) is 0 Å². The van der Waals surface area contributed by atoms with E-state index in [1.54, 1.807) is 26.2 Å². The van der Waals surface area contributed by atoms with E-state index in [9.17, 15) is 9.59 Å². The SMILES string of the molecule is COc1cccc(CNC(=O)CNC(=O)[C@H](C)N)c1OC. The molecule has 0 aliphatic rings. The highest BCUT2D eigenvalue weighted by molar-refractivity contribution is 5.87. The van der Waals surface area contributed by atoms with E-state index in [0.29, 0.717) is 11.5 Å². The van der Waals surface area contributed by atoms with Gasteiger partial charge in [0.15, 0.2) is 11.5 Å². The van der Waals surface area contributed by atoms with Crippen molar-refractivity contribution in [2.24, 2.45) is 5.73 Å². The fraction of sp³-hybridized carbons (Fsp3) is 0.429. The zero-order valence-electron chi connectivity index (χ0n) is 12.4. The van der Waals surface area contributed by atoms with Gasteiger partial charge in [0.1, 0.15) is 0 Å². The van der Waals surface area contributed by atoms with Crippen molar-refractivity contribution in [3.05, 3.63) is 23.8 Å². The van der Waals surface area contributed by atoms with Gasteiger partial charge in [0.25, 0.3) is 0 Å². The molecule has 0 aliphatic carbocycles. The zero-order chi connectivity index (χ0) is 15.8. The van der Waals surface area contributed by atoms with Crippen molar-refractivity contribution >= 4 is 11.8 Å². The van der Waals surface area contributed by atoms with Crippen molar-refractivity contribution < 1.29 is 19.1 Å². The summed E-state index contributed by atoms with van der Waals surface area (Å²) in [5, 5.41) is 5.13. The number of nitrogens with one attached hydrogen (secondary N) is 2. The van der Waals surface area contributed by atoms with Crippen LogP contribution in [-0.4, -0.2) is 38.6 Å². The van der Waals surface area contributed by atoms with Crippen molar-refractivity contribution in [2.75, 3.05) is 20.8 Å². The second-order valence-corrected chi connectivity index (χ2v) is 4.44. The maximum atomic E-state index is 11.7. The predicted octanol–water partition coefficient (Wildman–Crippen LogP) is -0.217. The molecule has 7 heteroatoms. The largest absolute Gasteiger partial charge is 0.493 e. The lowest BCUT2D eigenvalue weighted by Crippen LogP contribution is -2.43. The lowest BCUT2D eigenvalue weighted by atomic mass is 10.2. The molecule has 1 aromatic rings. The van der Waals surface area contributed by atoms with Gasteiger partial charge in [-0.25, -0.2) is 0 Å². The Hall–Kier alpha value is -2.28. The highest BCUT2D eigenvalue weighted by Gasteiger charge is 2.12. The minimum Gasteiger partial charge on any atom is -0.493 e. The van der Waals surface area contributed by atoms with Gasteiger partial charge in [-0.2, -0.15) is 0 Å². The van der Waals surface area contributed by atoms with Crippen molar-refractivity contribution in [2.45, 2.75) is 19.5 Å². The third-order valence-electron chi connectivity index (χ3n) is 2.80. The second-order valence-electron chi connectivity index (χ2n) is 4.44. The molecule has 0 heterocycles. The topological polar surface area (TPSA) is 103 Å². The monoisotopic (exact) mass is 295 g/mol. The number of hydrogen-bond donors (Lipinski definition) is 3. The average Bonchev–Trinajstić information content (AvgIpc) is 2.49.